The van der Waals surface area contributed by atoms with Gasteiger partial charge in [-0.3, -0.25) is 14.9 Å². The highest BCUT2D eigenvalue weighted by Gasteiger charge is 2.19. The van der Waals surface area contributed by atoms with Crippen LogP contribution in [0.5, 0.6) is 0 Å². The zero-order valence-corrected chi connectivity index (χ0v) is 14.7. The number of nitrogens with zero attached hydrogens (tertiary/aromatic N) is 3. The number of pyridine rings is 1. The summed E-state index contributed by atoms with van der Waals surface area (Å²) in [6.07, 6.45) is 3.48. The largest absolute Gasteiger partial charge is 0.306 e. The number of anilines is 1. The molecule has 3 heterocycles. The molecule has 0 bridgehead atoms. The van der Waals surface area contributed by atoms with E-state index in [1.807, 2.05) is 54.7 Å². The van der Waals surface area contributed by atoms with Crippen LogP contribution in [0.3, 0.4) is 0 Å². The van der Waals surface area contributed by atoms with Crippen molar-refractivity contribution in [3.63, 3.8) is 0 Å². The number of benzene rings is 1. The van der Waals surface area contributed by atoms with Gasteiger partial charge < -0.3 is 4.40 Å². The lowest BCUT2D eigenvalue weighted by Gasteiger charge is -1.98. The minimum Gasteiger partial charge on any atom is -0.306 e. The quantitative estimate of drug-likeness (QED) is 0.558. The fraction of sp³-hybridized carbons (Fsp3) is 0.0526. The molecule has 0 saturated heterocycles. The van der Waals surface area contributed by atoms with E-state index in [2.05, 4.69) is 15.3 Å². The molecule has 1 N–H and O–H groups in total. The van der Waals surface area contributed by atoms with Crippen LogP contribution in [0.1, 0.15) is 27.1 Å². The van der Waals surface area contributed by atoms with Gasteiger partial charge >= 0.3 is 0 Å². The summed E-state index contributed by atoms with van der Waals surface area (Å²) in [5.41, 5.74) is 2.39. The summed E-state index contributed by atoms with van der Waals surface area (Å²) >= 11 is 1.17. The number of carbonyl (C=O) groups excluding carboxylic acids is 2. The van der Waals surface area contributed by atoms with Crippen molar-refractivity contribution in [2.24, 2.45) is 0 Å². The normalized spacial score (nSPS) is 10.8. The SMILES string of the molecule is CC(=O)c1sc(NC(=O)c2cn3ccccc3n2)nc1-c1ccccc1. The number of ketones is 1. The number of rotatable bonds is 4. The van der Waals surface area contributed by atoms with E-state index >= 15 is 0 Å². The fourth-order valence-corrected chi connectivity index (χ4v) is 3.49. The molecular weight excluding hydrogens is 348 g/mol. The first kappa shape index (κ1) is 16.2. The maximum atomic E-state index is 12.5. The van der Waals surface area contributed by atoms with Gasteiger partial charge in [0.2, 0.25) is 0 Å². The Labute approximate surface area is 153 Å². The number of nitrogens with one attached hydrogen (secondary N) is 1. The molecule has 7 heteroatoms. The molecule has 0 aliphatic heterocycles. The summed E-state index contributed by atoms with van der Waals surface area (Å²) in [7, 11) is 0. The molecule has 0 saturated carbocycles. The zero-order valence-electron chi connectivity index (χ0n) is 13.8. The Balaban J connectivity index is 1.66. The molecule has 4 aromatic rings. The summed E-state index contributed by atoms with van der Waals surface area (Å²) in [5, 5.41) is 3.12. The van der Waals surface area contributed by atoms with Crippen molar-refractivity contribution in [1.82, 2.24) is 14.4 Å². The van der Waals surface area contributed by atoms with Crippen LogP contribution in [0.25, 0.3) is 16.9 Å². The number of aromatic nitrogens is 3. The fourth-order valence-electron chi connectivity index (χ4n) is 2.61. The van der Waals surface area contributed by atoms with Gasteiger partial charge in [-0.1, -0.05) is 47.7 Å². The van der Waals surface area contributed by atoms with Gasteiger partial charge in [0.15, 0.2) is 10.9 Å². The third-order valence-electron chi connectivity index (χ3n) is 3.81. The maximum Gasteiger partial charge on any atom is 0.277 e. The Morgan fingerprint density at radius 1 is 1.04 bits per heavy atom. The molecule has 26 heavy (non-hydrogen) atoms. The lowest BCUT2D eigenvalue weighted by molar-refractivity contribution is 0.101. The van der Waals surface area contributed by atoms with Crippen LogP contribution in [0.2, 0.25) is 0 Å². The standard InChI is InChI=1S/C19H14N4O2S/c1-12(24)17-16(13-7-3-2-4-8-13)21-19(26-17)22-18(25)14-11-23-10-6-5-9-15(23)20-14/h2-11H,1H3,(H,21,22,25). The second-order valence-electron chi connectivity index (χ2n) is 5.67. The van der Waals surface area contributed by atoms with Crippen molar-refractivity contribution in [2.75, 3.05) is 5.32 Å². The van der Waals surface area contributed by atoms with Crippen molar-refractivity contribution in [3.8, 4) is 11.3 Å². The van der Waals surface area contributed by atoms with E-state index in [0.717, 1.165) is 5.56 Å². The smallest absolute Gasteiger partial charge is 0.277 e. The average molecular weight is 362 g/mol. The Morgan fingerprint density at radius 3 is 2.54 bits per heavy atom. The lowest BCUT2D eigenvalue weighted by Crippen LogP contribution is -2.12. The summed E-state index contributed by atoms with van der Waals surface area (Å²) in [5.74, 6) is -0.452. The first-order valence-corrected chi connectivity index (χ1v) is 8.76. The number of hydrogen-bond donors (Lipinski definition) is 1. The molecule has 0 unspecified atom stereocenters. The Kier molecular flexibility index (Phi) is 4.06. The van der Waals surface area contributed by atoms with E-state index in [9.17, 15) is 9.59 Å². The van der Waals surface area contributed by atoms with Gasteiger partial charge in [0.05, 0.1) is 10.6 Å². The minimum atomic E-state index is -0.364. The summed E-state index contributed by atoms with van der Waals surface area (Å²) < 4.78 is 1.77. The number of fused-ring (bicyclic) bond motifs is 1. The average Bonchev–Trinajstić information content (AvgIpc) is 3.26. The first-order valence-electron chi connectivity index (χ1n) is 7.94. The van der Waals surface area contributed by atoms with Gasteiger partial charge in [0.25, 0.3) is 5.91 Å². The molecule has 1 aromatic carbocycles. The summed E-state index contributed by atoms with van der Waals surface area (Å²) in [6, 6.07) is 15.0. The van der Waals surface area contributed by atoms with E-state index in [0.29, 0.717) is 21.3 Å². The molecule has 0 fully saturated rings. The van der Waals surface area contributed by atoms with Gasteiger partial charge in [-0.25, -0.2) is 9.97 Å². The van der Waals surface area contributed by atoms with Gasteiger partial charge in [-0.15, -0.1) is 0 Å². The molecule has 128 valence electrons. The zero-order chi connectivity index (χ0) is 18.1. The Morgan fingerprint density at radius 2 is 1.81 bits per heavy atom. The van der Waals surface area contributed by atoms with Crippen molar-refractivity contribution in [3.05, 3.63) is 71.5 Å². The Bertz CT molecular complexity index is 1080. The van der Waals surface area contributed by atoms with Crippen LogP contribution in [-0.2, 0) is 0 Å². The van der Waals surface area contributed by atoms with Gasteiger partial charge in [0, 0.05) is 24.9 Å². The van der Waals surface area contributed by atoms with E-state index < -0.39 is 0 Å². The summed E-state index contributed by atoms with van der Waals surface area (Å²) in [6.45, 7) is 1.49. The third-order valence-corrected chi connectivity index (χ3v) is 4.88. The monoisotopic (exact) mass is 362 g/mol. The van der Waals surface area contributed by atoms with Gasteiger partial charge in [0.1, 0.15) is 11.3 Å². The van der Waals surface area contributed by atoms with E-state index in [1.165, 1.54) is 18.3 Å². The Hall–Kier alpha value is -3.32. The molecule has 6 nitrogen and oxygen atoms in total. The number of hydrogen-bond acceptors (Lipinski definition) is 5. The second kappa shape index (κ2) is 6.53. The van der Waals surface area contributed by atoms with Gasteiger partial charge in [-0.05, 0) is 12.1 Å². The van der Waals surface area contributed by atoms with Crippen molar-refractivity contribution in [2.45, 2.75) is 6.92 Å². The van der Waals surface area contributed by atoms with E-state index in [4.69, 9.17) is 0 Å². The molecule has 4 rings (SSSR count). The molecule has 0 aliphatic rings. The lowest BCUT2D eigenvalue weighted by atomic mass is 10.1. The van der Waals surface area contributed by atoms with Gasteiger partial charge in [-0.2, -0.15) is 0 Å². The maximum absolute atomic E-state index is 12.5. The molecule has 0 spiro atoms. The van der Waals surface area contributed by atoms with E-state index in [-0.39, 0.29) is 17.4 Å². The van der Waals surface area contributed by atoms with Crippen molar-refractivity contribution < 1.29 is 9.59 Å². The van der Waals surface area contributed by atoms with Crippen LogP contribution in [-0.4, -0.2) is 26.1 Å². The number of carbonyl (C=O) groups is 2. The molecule has 1 amide bonds. The minimum absolute atomic E-state index is 0.0883. The molecule has 0 atom stereocenters. The highest BCUT2D eigenvalue weighted by atomic mass is 32.1. The van der Waals surface area contributed by atoms with E-state index in [1.54, 1.807) is 10.6 Å². The molecule has 0 aliphatic carbocycles. The topological polar surface area (TPSA) is 76.4 Å². The molecular formula is C19H14N4O2S. The number of amides is 1. The predicted octanol–water partition coefficient (Wildman–Crippen LogP) is 3.91. The number of thiazole rings is 1. The molecule has 0 radical (unpaired) electrons. The number of Topliss-reactive ketones (excluding diaryl/α,β-unsaturated/α-hetero) is 1. The first-order chi connectivity index (χ1) is 12.6. The van der Waals surface area contributed by atoms with Crippen LogP contribution >= 0.6 is 11.3 Å². The van der Waals surface area contributed by atoms with Crippen molar-refractivity contribution in [1.29, 1.82) is 0 Å². The highest BCUT2D eigenvalue weighted by molar-refractivity contribution is 7.18. The third kappa shape index (κ3) is 3.00. The van der Waals surface area contributed by atoms with Crippen LogP contribution in [0.15, 0.2) is 60.9 Å². The van der Waals surface area contributed by atoms with Crippen LogP contribution in [0.4, 0.5) is 5.13 Å². The second-order valence-corrected chi connectivity index (χ2v) is 6.66. The predicted molar refractivity (Wildman–Crippen MR) is 101 cm³/mol. The van der Waals surface area contributed by atoms with Crippen molar-refractivity contribution >= 4 is 33.8 Å². The van der Waals surface area contributed by atoms with Crippen LogP contribution < -0.4 is 5.32 Å². The highest BCUT2D eigenvalue weighted by Crippen LogP contribution is 2.31. The van der Waals surface area contributed by atoms with Crippen LogP contribution in [0, 0.1) is 0 Å². The molecule has 3 aromatic heterocycles. The number of imidazole rings is 1. The summed E-state index contributed by atoms with van der Waals surface area (Å²) in [4.78, 5) is 33.7.